The number of nitrogens with one attached hydrogen (secondary N) is 1. The number of fused-ring (bicyclic) bond motifs is 1. The van der Waals surface area contributed by atoms with Crippen LogP contribution in [0.2, 0.25) is 0 Å². The first-order valence-electron chi connectivity index (χ1n) is 11.3. The highest BCUT2D eigenvalue weighted by Gasteiger charge is 2.14. The SMILES string of the molecule is CCCCn1c(=O)c2ccccc2n(Cc2ccc(-c3ccccc3-c3nn[nH]n3)cc2)c1=O. The second kappa shape index (κ2) is 9.27. The van der Waals surface area contributed by atoms with Gasteiger partial charge in [-0.3, -0.25) is 13.9 Å². The van der Waals surface area contributed by atoms with E-state index < -0.39 is 0 Å². The number of unbranched alkanes of at least 4 members (excludes halogenated alkanes) is 1. The molecule has 0 aliphatic heterocycles. The Morgan fingerprint density at radius 3 is 2.32 bits per heavy atom. The molecule has 0 atom stereocenters. The summed E-state index contributed by atoms with van der Waals surface area (Å²) < 4.78 is 3.05. The summed E-state index contributed by atoms with van der Waals surface area (Å²) in [6.07, 6.45) is 1.69. The van der Waals surface area contributed by atoms with Crippen LogP contribution in [0.1, 0.15) is 25.3 Å². The maximum absolute atomic E-state index is 13.3. The van der Waals surface area contributed by atoms with Gasteiger partial charge < -0.3 is 0 Å². The molecule has 2 aromatic heterocycles. The lowest BCUT2D eigenvalue weighted by atomic mass is 9.98. The van der Waals surface area contributed by atoms with Crippen LogP contribution in [0.15, 0.2) is 82.4 Å². The number of nitrogens with zero attached hydrogens (tertiary/aromatic N) is 5. The van der Waals surface area contributed by atoms with E-state index >= 15 is 0 Å². The zero-order chi connectivity index (χ0) is 23.5. The fraction of sp³-hybridized carbons (Fsp3) is 0.192. The summed E-state index contributed by atoms with van der Waals surface area (Å²) in [6, 6.07) is 23.2. The van der Waals surface area contributed by atoms with Crippen LogP contribution in [0.5, 0.6) is 0 Å². The third-order valence-electron chi connectivity index (χ3n) is 5.99. The van der Waals surface area contributed by atoms with Crippen molar-refractivity contribution >= 4 is 10.9 Å². The molecule has 0 aliphatic rings. The summed E-state index contributed by atoms with van der Waals surface area (Å²) in [5, 5.41) is 14.9. The number of benzene rings is 3. The van der Waals surface area contributed by atoms with E-state index in [-0.39, 0.29) is 11.2 Å². The van der Waals surface area contributed by atoms with Gasteiger partial charge in [0.15, 0.2) is 0 Å². The van der Waals surface area contributed by atoms with Crippen LogP contribution < -0.4 is 11.2 Å². The Bertz CT molecular complexity index is 1550. The van der Waals surface area contributed by atoms with Crippen molar-refractivity contribution in [2.45, 2.75) is 32.9 Å². The molecule has 1 N–H and O–H groups in total. The van der Waals surface area contributed by atoms with Gasteiger partial charge >= 0.3 is 5.69 Å². The molecule has 0 saturated heterocycles. The van der Waals surface area contributed by atoms with Crippen LogP contribution in [-0.4, -0.2) is 29.8 Å². The second-order valence-corrected chi connectivity index (χ2v) is 8.17. The second-order valence-electron chi connectivity index (χ2n) is 8.17. The van der Waals surface area contributed by atoms with Crippen molar-refractivity contribution in [2.75, 3.05) is 0 Å². The van der Waals surface area contributed by atoms with Crippen LogP contribution in [0.25, 0.3) is 33.4 Å². The third-order valence-corrected chi connectivity index (χ3v) is 5.99. The average molecular weight is 453 g/mol. The van der Waals surface area contributed by atoms with Crippen molar-refractivity contribution < 1.29 is 0 Å². The van der Waals surface area contributed by atoms with Crippen LogP contribution in [0.3, 0.4) is 0 Å². The smallest absolute Gasteiger partial charge is 0.289 e. The summed E-state index contributed by atoms with van der Waals surface area (Å²) >= 11 is 0. The van der Waals surface area contributed by atoms with Crippen molar-refractivity contribution in [2.24, 2.45) is 0 Å². The van der Waals surface area contributed by atoms with Gasteiger partial charge in [0, 0.05) is 12.1 Å². The number of tetrazole rings is 1. The first-order valence-corrected chi connectivity index (χ1v) is 11.3. The molecule has 0 radical (unpaired) electrons. The first-order chi connectivity index (χ1) is 16.7. The lowest BCUT2D eigenvalue weighted by molar-refractivity contribution is 0.558. The Labute approximate surface area is 195 Å². The van der Waals surface area contributed by atoms with Crippen molar-refractivity contribution in [3.63, 3.8) is 0 Å². The number of hydrogen-bond acceptors (Lipinski definition) is 5. The van der Waals surface area contributed by atoms with Gasteiger partial charge in [-0.1, -0.05) is 74.0 Å². The molecule has 0 bridgehead atoms. The first kappa shape index (κ1) is 21.5. The predicted molar refractivity (Wildman–Crippen MR) is 132 cm³/mol. The minimum absolute atomic E-state index is 0.223. The fourth-order valence-electron chi connectivity index (χ4n) is 4.22. The molecule has 0 spiro atoms. The molecule has 170 valence electrons. The number of H-pyrrole nitrogens is 1. The molecule has 3 aromatic carbocycles. The van der Waals surface area contributed by atoms with Gasteiger partial charge in [-0.2, -0.15) is 5.21 Å². The molecule has 2 heterocycles. The van der Waals surface area contributed by atoms with Gasteiger partial charge in [0.1, 0.15) is 0 Å². The van der Waals surface area contributed by atoms with Crippen molar-refractivity contribution in [1.82, 2.24) is 29.8 Å². The maximum Gasteiger partial charge on any atom is 0.331 e. The van der Waals surface area contributed by atoms with Gasteiger partial charge in [-0.25, -0.2) is 4.79 Å². The van der Waals surface area contributed by atoms with E-state index in [0.29, 0.717) is 29.8 Å². The molecular weight excluding hydrogens is 428 g/mol. The predicted octanol–water partition coefficient (Wildman–Crippen LogP) is 3.86. The Kier molecular flexibility index (Phi) is 5.86. The molecule has 0 unspecified atom stereocenters. The van der Waals surface area contributed by atoms with E-state index in [1.54, 1.807) is 10.6 Å². The highest BCUT2D eigenvalue weighted by molar-refractivity contribution is 5.80. The van der Waals surface area contributed by atoms with E-state index in [1.807, 2.05) is 73.7 Å². The average Bonchev–Trinajstić information content (AvgIpc) is 3.42. The zero-order valence-corrected chi connectivity index (χ0v) is 18.8. The van der Waals surface area contributed by atoms with Crippen LogP contribution in [0.4, 0.5) is 0 Å². The topological polar surface area (TPSA) is 98.5 Å². The zero-order valence-electron chi connectivity index (χ0n) is 18.8. The van der Waals surface area contributed by atoms with Crippen molar-refractivity contribution in [3.8, 4) is 22.5 Å². The fourth-order valence-corrected chi connectivity index (χ4v) is 4.22. The minimum Gasteiger partial charge on any atom is -0.289 e. The van der Waals surface area contributed by atoms with Crippen molar-refractivity contribution in [3.05, 3.63) is 99.2 Å². The standard InChI is InChI=1S/C26H24N6O2/c1-2-3-16-31-25(33)22-10-6-7-11-23(22)32(26(31)34)17-18-12-14-19(15-13-18)20-8-4-5-9-21(20)24-27-29-30-28-24/h4-15H,2-3,16-17H2,1H3,(H,27,28,29,30). The van der Waals surface area contributed by atoms with Crippen LogP contribution in [0, 0.1) is 0 Å². The van der Waals surface area contributed by atoms with Gasteiger partial charge in [-0.05, 0) is 40.5 Å². The number of aromatic nitrogens is 6. The quantitative estimate of drug-likeness (QED) is 0.404. The van der Waals surface area contributed by atoms with Crippen molar-refractivity contribution in [1.29, 1.82) is 0 Å². The molecular formula is C26H24N6O2. The van der Waals surface area contributed by atoms with E-state index in [2.05, 4.69) is 20.6 Å². The maximum atomic E-state index is 13.3. The monoisotopic (exact) mass is 452 g/mol. The molecule has 0 aliphatic carbocycles. The number of hydrogen-bond donors (Lipinski definition) is 1. The molecule has 0 saturated carbocycles. The lowest BCUT2D eigenvalue weighted by Crippen LogP contribution is -2.40. The highest BCUT2D eigenvalue weighted by atomic mass is 16.2. The Morgan fingerprint density at radius 1 is 0.853 bits per heavy atom. The largest absolute Gasteiger partial charge is 0.331 e. The molecule has 8 heteroatoms. The van der Waals surface area contributed by atoms with Gasteiger partial charge in [0.05, 0.1) is 17.4 Å². The number of rotatable bonds is 7. The minimum atomic E-state index is -0.274. The van der Waals surface area contributed by atoms with Gasteiger partial charge in [0.2, 0.25) is 5.82 Å². The Morgan fingerprint density at radius 2 is 1.59 bits per heavy atom. The third kappa shape index (κ3) is 3.94. The molecule has 0 amide bonds. The van der Waals surface area contributed by atoms with Crippen LogP contribution >= 0.6 is 0 Å². The van der Waals surface area contributed by atoms with E-state index in [0.717, 1.165) is 35.1 Å². The Hall–Kier alpha value is -4.33. The highest BCUT2D eigenvalue weighted by Crippen LogP contribution is 2.29. The van der Waals surface area contributed by atoms with Gasteiger partial charge in [0.25, 0.3) is 5.56 Å². The summed E-state index contributed by atoms with van der Waals surface area (Å²) in [4.78, 5) is 26.2. The van der Waals surface area contributed by atoms with Crippen LogP contribution in [-0.2, 0) is 13.1 Å². The normalized spacial score (nSPS) is 11.2. The molecule has 34 heavy (non-hydrogen) atoms. The summed E-state index contributed by atoms with van der Waals surface area (Å²) in [5.74, 6) is 0.534. The number of aromatic amines is 1. The molecule has 8 nitrogen and oxygen atoms in total. The Balaban J connectivity index is 1.53. The summed E-state index contributed by atoms with van der Waals surface area (Å²) in [6.45, 7) is 2.84. The molecule has 0 fully saturated rings. The summed E-state index contributed by atoms with van der Waals surface area (Å²) in [5.41, 5.74) is 4.00. The summed E-state index contributed by atoms with van der Waals surface area (Å²) in [7, 11) is 0. The lowest BCUT2D eigenvalue weighted by Gasteiger charge is -2.14. The molecule has 5 aromatic rings. The van der Waals surface area contributed by atoms with E-state index in [9.17, 15) is 9.59 Å². The molecule has 5 rings (SSSR count). The van der Waals surface area contributed by atoms with E-state index in [1.165, 1.54) is 4.57 Å². The van der Waals surface area contributed by atoms with Gasteiger partial charge in [-0.15, -0.1) is 10.2 Å². The van der Waals surface area contributed by atoms with E-state index in [4.69, 9.17) is 0 Å². The number of para-hydroxylation sites is 1.